The van der Waals surface area contributed by atoms with Crippen molar-refractivity contribution in [2.75, 3.05) is 30.9 Å². The lowest BCUT2D eigenvalue weighted by Gasteiger charge is -2.31. The van der Waals surface area contributed by atoms with Crippen molar-refractivity contribution < 1.29 is 111 Å². The zero-order valence-corrected chi connectivity index (χ0v) is 49.9. The van der Waals surface area contributed by atoms with Crippen molar-refractivity contribution >= 4 is 94.4 Å². The van der Waals surface area contributed by atoms with Crippen LogP contribution in [-0.4, -0.2) is 114 Å². The first-order valence-corrected chi connectivity index (χ1v) is 32.6. The van der Waals surface area contributed by atoms with Gasteiger partial charge in [-0.1, -0.05) is 50.8 Å². The summed E-state index contributed by atoms with van der Waals surface area (Å²) in [5.41, 5.74) is 9.97. The molecule has 3 aliphatic rings. The molecule has 6 atom stereocenters. The maximum absolute atomic E-state index is 14.3. The highest BCUT2D eigenvalue weighted by atomic mass is 32.2. The van der Waals surface area contributed by atoms with Crippen LogP contribution in [0.25, 0.3) is 44.5 Å². The molecule has 3 unspecified atom stereocenters. The first-order valence-electron chi connectivity index (χ1n) is 25.0. The Morgan fingerprint density at radius 1 is 0.977 bits per heavy atom. The van der Waals surface area contributed by atoms with E-state index in [0.29, 0.717) is 5.56 Å². The number of phosphoric ester groups is 1. The van der Waals surface area contributed by atoms with Gasteiger partial charge in [-0.05, 0) is 47.4 Å². The minimum atomic E-state index is -5.85. The second-order valence-corrected chi connectivity index (χ2v) is 28.1. The van der Waals surface area contributed by atoms with E-state index in [1.165, 1.54) is 60.3 Å². The fraction of sp³-hybridized carbons (Fsp3) is 0.300. The van der Waals surface area contributed by atoms with Gasteiger partial charge in [0.2, 0.25) is 0 Å². The van der Waals surface area contributed by atoms with Gasteiger partial charge < -0.3 is 64.4 Å². The molecule has 0 bridgehead atoms. The van der Waals surface area contributed by atoms with Gasteiger partial charge in [0.15, 0.2) is 26.1 Å². The number of carbonyl (C=O) groups excluding carboxylic acids is 1. The number of hydrogen-bond donors (Lipinski definition) is 10. The Balaban J connectivity index is 1.03. The number of aromatic carboxylic acids is 1. The lowest BCUT2D eigenvalue weighted by atomic mass is 9.83. The van der Waals surface area contributed by atoms with Crippen molar-refractivity contribution in [2.45, 2.75) is 81.0 Å². The molecule has 0 saturated carbocycles. The van der Waals surface area contributed by atoms with E-state index in [2.05, 4.69) is 35.0 Å². The minimum Gasteiger partial charge on any atom is -0.495 e. The van der Waals surface area contributed by atoms with Crippen LogP contribution in [0.5, 0.6) is 5.75 Å². The van der Waals surface area contributed by atoms with Crippen LogP contribution in [0.4, 0.5) is 17.2 Å². The van der Waals surface area contributed by atoms with Crippen LogP contribution in [0.2, 0.25) is 0 Å². The number of methoxy groups -OCH3 is 1. The van der Waals surface area contributed by atoms with Crippen molar-refractivity contribution in [1.29, 1.82) is 5.41 Å². The molecule has 4 heterocycles. The smallest absolute Gasteiger partial charge is 0.490 e. The summed E-state index contributed by atoms with van der Waals surface area (Å²) in [6.07, 6.45) is -3.55. The summed E-state index contributed by atoms with van der Waals surface area (Å²) in [6, 6.07) is 12.6. The van der Waals surface area contributed by atoms with Gasteiger partial charge in [-0.15, -0.1) is 0 Å². The third kappa shape index (κ3) is 14.5. The predicted molar refractivity (Wildman–Crippen MR) is 301 cm³/mol. The molecular weight excluding hydrogens is 1260 g/mol. The number of nitrogen functional groups attached to an aromatic ring is 2. The van der Waals surface area contributed by atoms with Crippen molar-refractivity contribution in [3.63, 3.8) is 0 Å². The number of nitrogens with zero attached hydrogens (tertiary/aromatic N) is 4. The molecule has 87 heavy (non-hydrogen) atoms. The monoisotopic (exact) mass is 1310 g/mol. The van der Waals surface area contributed by atoms with Gasteiger partial charge in [0.05, 0.1) is 70.6 Å². The number of Topliss-reactive ketones (excluding diaryl/α,β-unsaturated/α-hetero) is 1. The number of aromatic nitrogens is 3. The number of anilines is 2. The van der Waals surface area contributed by atoms with Crippen LogP contribution in [0, 0.1) is 32.8 Å². The standard InChI is InChI=1S/C50H52N7O25P3S2/c1-50(2,3)46(77-21-26-20-56(48-40(26)47(53)54-24-55-48)39-19-36(59)38(79-39)22-78-84(67,68)82-85(69,70)81-83(64,65)66)32-18-37(76-4)25(17-35(32)57(62)63)9-5-6-10-27(58)23-86(71,72)44-33(51)15-13-30-41(28-11-7-8-12-29(28)49(60)61)31-14-16-34(52)45(87(73,74)75)43(31)80-42(30)44/h7-8,11-18,20,24,36,38-39,46,52,59H,6,10,19,21-23,51H2,1-4H3,(H,60,61)(H,67,68)(H,69,70)(H2,53,54,55)(H2,64,65,66)(H,73,74,75)/t36?,38-,39-,46-/m1/s1. The van der Waals surface area contributed by atoms with Crippen LogP contribution in [0.3, 0.4) is 0 Å². The Morgan fingerprint density at radius 3 is 2.32 bits per heavy atom. The molecule has 8 rings (SSSR count). The number of carbonyl (C=O) groups is 2. The summed E-state index contributed by atoms with van der Waals surface area (Å²) in [6.45, 7) is 3.89. The molecule has 2 aromatic heterocycles. The van der Waals surface area contributed by atoms with Gasteiger partial charge in [0.1, 0.15) is 52.3 Å². The molecule has 0 spiro atoms. The summed E-state index contributed by atoms with van der Waals surface area (Å²) >= 11 is 0. The van der Waals surface area contributed by atoms with E-state index in [0.717, 1.165) is 24.5 Å². The molecule has 0 radical (unpaired) electrons. The zero-order valence-electron chi connectivity index (χ0n) is 45.6. The SMILES string of the molecule is COc1cc([C@@H](OCc2cn([C@H]3CC(O)[C@@H](COP(=O)(O)OP(=O)(O)OP(=O)(O)O)O3)c3ncnc(N)c23)C(C)(C)C)c([N+](=O)[O-])cc1C#CCCC(=O)CS(=O)(=O)c1c(N)ccc2c(-c3ccccc3C(=O)O)c3ccc(=N)c(S(=O)(=O)O)c-3oc12. The fourth-order valence-electron chi connectivity index (χ4n) is 9.68. The lowest BCUT2D eigenvalue weighted by molar-refractivity contribution is -0.386. The third-order valence-electron chi connectivity index (χ3n) is 13.2. The molecule has 3 aromatic carbocycles. The first-order chi connectivity index (χ1) is 40.4. The van der Waals surface area contributed by atoms with E-state index in [4.69, 9.17) is 45.3 Å². The number of ketones is 1. The average molecular weight is 1310 g/mol. The fourth-order valence-corrected chi connectivity index (χ4v) is 15.0. The molecule has 5 aromatic rings. The highest BCUT2D eigenvalue weighted by Crippen LogP contribution is 2.66. The van der Waals surface area contributed by atoms with E-state index >= 15 is 0 Å². The number of sulfone groups is 1. The molecule has 1 saturated heterocycles. The molecule has 2 aliphatic heterocycles. The Kier molecular flexibility index (Phi) is 18.6. The van der Waals surface area contributed by atoms with E-state index < -0.39 is 147 Å². The number of ether oxygens (including phenoxy) is 3. The highest BCUT2D eigenvalue weighted by Gasteiger charge is 2.44. The number of aliphatic hydroxyl groups excluding tert-OH is 1. The van der Waals surface area contributed by atoms with E-state index in [9.17, 15) is 74.8 Å². The van der Waals surface area contributed by atoms with Crippen molar-refractivity contribution in [2.24, 2.45) is 5.41 Å². The van der Waals surface area contributed by atoms with Crippen LogP contribution in [0.1, 0.15) is 79.4 Å². The second kappa shape index (κ2) is 24.7. The molecular formula is C50H52N7O25P3S2. The number of benzene rings is 4. The van der Waals surface area contributed by atoms with Crippen LogP contribution in [-0.2, 0) is 67.7 Å². The maximum Gasteiger partial charge on any atom is 0.490 e. The quantitative estimate of drug-likeness (QED) is 0.00715. The van der Waals surface area contributed by atoms with Gasteiger partial charge in [-0.3, -0.25) is 29.4 Å². The van der Waals surface area contributed by atoms with Gasteiger partial charge in [-0.25, -0.2) is 36.9 Å². The molecule has 37 heteroatoms. The Bertz CT molecular complexity index is 4440. The Labute approximate surface area is 491 Å². The largest absolute Gasteiger partial charge is 0.495 e. The molecule has 464 valence electrons. The summed E-state index contributed by atoms with van der Waals surface area (Å²) in [4.78, 5) is 81.8. The number of carboxylic acids is 1. The zero-order chi connectivity index (χ0) is 64.1. The van der Waals surface area contributed by atoms with Crippen molar-refractivity contribution in [1.82, 2.24) is 14.5 Å². The second-order valence-electron chi connectivity index (χ2n) is 20.3. The van der Waals surface area contributed by atoms with Gasteiger partial charge >= 0.3 is 29.4 Å². The number of nitrogens with two attached hydrogens (primary N) is 2. The van der Waals surface area contributed by atoms with Crippen molar-refractivity contribution in [3.05, 3.63) is 111 Å². The van der Waals surface area contributed by atoms with Crippen LogP contribution < -0.4 is 21.6 Å². The van der Waals surface area contributed by atoms with E-state index in [1.807, 2.05) is 0 Å². The van der Waals surface area contributed by atoms with Crippen LogP contribution in [0.15, 0.2) is 87.4 Å². The summed E-state index contributed by atoms with van der Waals surface area (Å²) in [5.74, 6) is 1.14. The van der Waals surface area contributed by atoms with E-state index in [-0.39, 0.29) is 80.8 Å². The molecule has 1 fully saturated rings. The molecule has 32 nitrogen and oxygen atoms in total. The number of fused-ring (bicyclic) bond motifs is 3. The summed E-state index contributed by atoms with van der Waals surface area (Å²) < 4.78 is 137. The Morgan fingerprint density at radius 2 is 1.68 bits per heavy atom. The molecule has 1 aliphatic carbocycles. The maximum atomic E-state index is 14.3. The Hall–Kier alpha value is -7.38. The number of phosphoric acid groups is 3. The number of aliphatic hydroxyl groups is 1. The van der Waals surface area contributed by atoms with Crippen molar-refractivity contribution in [3.8, 4) is 40.0 Å². The molecule has 0 amide bonds. The predicted octanol–water partition coefficient (Wildman–Crippen LogP) is 5.93. The van der Waals surface area contributed by atoms with Gasteiger partial charge in [0, 0.05) is 53.6 Å². The van der Waals surface area contributed by atoms with Gasteiger partial charge in [-0.2, -0.15) is 17.0 Å². The topological polar surface area (TPSA) is 513 Å². The third-order valence-corrected chi connectivity index (χ3v) is 19.6. The normalized spacial score (nSPS) is 17.6. The number of nitro groups is 1. The average Bonchev–Trinajstić information content (AvgIpc) is 1.35. The van der Waals surface area contributed by atoms with E-state index in [1.54, 1.807) is 20.8 Å². The number of hydrogen-bond acceptors (Lipinski definition) is 24. The molecule has 12 N–H and O–H groups in total. The minimum absolute atomic E-state index is 0.0179. The number of carboxylic acid groups (broad SMARTS) is 1. The van der Waals surface area contributed by atoms with Crippen LogP contribution >= 0.6 is 23.5 Å². The highest BCUT2D eigenvalue weighted by molar-refractivity contribution is 7.92. The number of nitrogens with one attached hydrogen (secondary N) is 1. The first kappa shape index (κ1) is 65.6. The number of rotatable bonds is 22. The lowest BCUT2D eigenvalue weighted by Crippen LogP contribution is -2.26. The summed E-state index contributed by atoms with van der Waals surface area (Å²) in [7, 11) is -26.0. The summed E-state index contributed by atoms with van der Waals surface area (Å²) in [5, 5.41) is 41.5. The number of nitro benzene ring substituents is 1. The van der Waals surface area contributed by atoms with Gasteiger partial charge in [0.25, 0.3) is 15.8 Å².